The van der Waals surface area contributed by atoms with Gasteiger partial charge in [-0.2, -0.15) is 0 Å². The van der Waals surface area contributed by atoms with Gasteiger partial charge in [0.1, 0.15) is 11.9 Å². The van der Waals surface area contributed by atoms with Gasteiger partial charge in [-0.3, -0.25) is 0 Å². The van der Waals surface area contributed by atoms with Crippen LogP contribution in [0.4, 0.5) is 0 Å². The molecule has 0 aliphatic carbocycles. The SMILES string of the molecule is Cc1ccc(C2[C@H](O)[C@H](O)[C@H](O)C[SH]2C)cc1Cc1ccc(OCCCNC(C)(C)CO)cc1. The summed E-state index contributed by atoms with van der Waals surface area (Å²) < 4.78 is 5.85. The van der Waals surface area contributed by atoms with Crippen molar-refractivity contribution in [3.63, 3.8) is 0 Å². The lowest BCUT2D eigenvalue weighted by atomic mass is 9.94. The molecule has 0 bridgehead atoms. The number of aliphatic hydroxyl groups is 4. The number of nitrogens with one attached hydrogen (secondary N) is 1. The van der Waals surface area contributed by atoms with Crippen LogP contribution in [0.5, 0.6) is 5.75 Å². The molecule has 34 heavy (non-hydrogen) atoms. The van der Waals surface area contributed by atoms with Crippen molar-refractivity contribution in [3.8, 4) is 5.75 Å². The number of rotatable bonds is 10. The van der Waals surface area contributed by atoms with Gasteiger partial charge in [-0.05, 0) is 80.8 Å². The molecule has 2 unspecified atom stereocenters. The number of aryl methyl sites for hydroxylation is 1. The van der Waals surface area contributed by atoms with Gasteiger partial charge in [0.05, 0.1) is 25.4 Å². The Kier molecular flexibility index (Phi) is 9.43. The van der Waals surface area contributed by atoms with Crippen LogP contribution in [0.25, 0.3) is 0 Å². The fourth-order valence-corrected chi connectivity index (χ4v) is 6.78. The third kappa shape index (κ3) is 6.97. The minimum atomic E-state index is -1.10. The Labute approximate surface area is 206 Å². The van der Waals surface area contributed by atoms with Crippen molar-refractivity contribution in [1.29, 1.82) is 0 Å². The van der Waals surface area contributed by atoms with Crippen LogP contribution in [-0.2, 0) is 6.42 Å². The van der Waals surface area contributed by atoms with Gasteiger partial charge in [0.2, 0.25) is 0 Å². The van der Waals surface area contributed by atoms with Gasteiger partial charge in [0.15, 0.2) is 0 Å². The van der Waals surface area contributed by atoms with E-state index in [-0.39, 0.29) is 17.4 Å². The Hall–Kier alpha value is -1.61. The summed E-state index contributed by atoms with van der Waals surface area (Å²) in [5.74, 6) is 1.38. The highest BCUT2D eigenvalue weighted by atomic mass is 32.2. The molecule has 0 saturated carbocycles. The first-order valence-corrected chi connectivity index (χ1v) is 14.1. The normalized spacial score (nSPS) is 26.4. The minimum Gasteiger partial charge on any atom is -0.494 e. The molecule has 190 valence electrons. The number of benzene rings is 2. The minimum absolute atomic E-state index is 0.101. The lowest BCUT2D eigenvalue weighted by Gasteiger charge is -2.42. The molecule has 3 rings (SSSR count). The van der Waals surface area contributed by atoms with Gasteiger partial charge in [-0.1, -0.05) is 30.3 Å². The Morgan fingerprint density at radius 1 is 1.06 bits per heavy atom. The second-order valence-electron chi connectivity index (χ2n) is 10.1. The summed E-state index contributed by atoms with van der Waals surface area (Å²) in [4.78, 5) is 0. The van der Waals surface area contributed by atoms with Crippen LogP contribution in [0.15, 0.2) is 42.5 Å². The molecule has 2 aromatic carbocycles. The summed E-state index contributed by atoms with van der Waals surface area (Å²) in [6.07, 6.45) is 0.817. The fraction of sp³-hybridized carbons (Fsp3) is 0.556. The lowest BCUT2D eigenvalue weighted by Crippen LogP contribution is -2.47. The van der Waals surface area contributed by atoms with Crippen molar-refractivity contribution in [2.75, 3.05) is 31.8 Å². The van der Waals surface area contributed by atoms with Crippen LogP contribution in [0.2, 0.25) is 0 Å². The van der Waals surface area contributed by atoms with E-state index in [0.29, 0.717) is 12.4 Å². The Balaban J connectivity index is 1.59. The van der Waals surface area contributed by atoms with E-state index in [9.17, 15) is 20.4 Å². The van der Waals surface area contributed by atoms with E-state index >= 15 is 0 Å². The third-order valence-corrected chi connectivity index (χ3v) is 9.14. The molecule has 0 spiro atoms. The third-order valence-electron chi connectivity index (χ3n) is 6.64. The summed E-state index contributed by atoms with van der Waals surface area (Å²) in [5, 5.41) is 43.3. The molecule has 6 nitrogen and oxygen atoms in total. The number of thiol groups is 1. The van der Waals surface area contributed by atoms with Gasteiger partial charge in [0, 0.05) is 16.5 Å². The first-order chi connectivity index (χ1) is 16.1. The standard InChI is InChI=1S/C27H41NO5S/c1-18-6-9-20(26-25(32)24(31)23(30)16-34(26)4)15-21(18)14-19-7-10-22(11-8-19)33-13-5-12-28-27(2,3)17-29/h6-11,15,23-26,28-32,34H,5,12-14,16-17H2,1-4H3/t23-,24-,25-,26?/m1/s1. The second kappa shape index (κ2) is 11.9. The summed E-state index contributed by atoms with van der Waals surface area (Å²) >= 11 is 0. The van der Waals surface area contributed by atoms with Crippen molar-refractivity contribution < 1.29 is 25.2 Å². The Morgan fingerprint density at radius 2 is 1.76 bits per heavy atom. The lowest BCUT2D eigenvalue weighted by molar-refractivity contribution is -0.0561. The first kappa shape index (κ1) is 27.0. The first-order valence-electron chi connectivity index (χ1n) is 12.0. The molecule has 1 aliphatic rings. The van der Waals surface area contributed by atoms with Crippen molar-refractivity contribution >= 4 is 10.9 Å². The smallest absolute Gasteiger partial charge is 0.119 e. The molecule has 1 aliphatic heterocycles. The highest BCUT2D eigenvalue weighted by Crippen LogP contribution is 2.48. The molecule has 0 amide bonds. The van der Waals surface area contributed by atoms with Crippen LogP contribution in [0.3, 0.4) is 0 Å². The van der Waals surface area contributed by atoms with Crippen LogP contribution in [0.1, 0.15) is 47.8 Å². The van der Waals surface area contributed by atoms with Crippen molar-refractivity contribution in [2.24, 2.45) is 0 Å². The quantitative estimate of drug-likeness (QED) is 0.226. The van der Waals surface area contributed by atoms with Gasteiger partial charge >= 0.3 is 0 Å². The predicted octanol–water partition coefficient (Wildman–Crippen LogP) is 2.48. The zero-order valence-corrected chi connectivity index (χ0v) is 21.6. The molecule has 5 N–H and O–H groups in total. The summed E-state index contributed by atoms with van der Waals surface area (Å²) in [5.41, 5.74) is 4.32. The molecule has 1 fully saturated rings. The number of aliphatic hydroxyl groups excluding tert-OH is 4. The van der Waals surface area contributed by atoms with Gasteiger partial charge in [-0.15, -0.1) is 0 Å². The van der Waals surface area contributed by atoms with E-state index in [1.54, 1.807) is 0 Å². The molecule has 1 saturated heterocycles. The highest BCUT2D eigenvalue weighted by molar-refractivity contribution is 8.16. The predicted molar refractivity (Wildman–Crippen MR) is 140 cm³/mol. The molecule has 0 radical (unpaired) electrons. The van der Waals surface area contributed by atoms with E-state index < -0.39 is 29.2 Å². The van der Waals surface area contributed by atoms with Crippen molar-refractivity contribution in [1.82, 2.24) is 5.32 Å². The zero-order valence-electron chi connectivity index (χ0n) is 20.7. The molecule has 7 heteroatoms. The van der Waals surface area contributed by atoms with E-state index in [0.717, 1.165) is 30.7 Å². The Bertz CT molecular complexity index is 920. The molecule has 5 atom stereocenters. The maximum atomic E-state index is 10.6. The maximum Gasteiger partial charge on any atom is 0.119 e. The van der Waals surface area contributed by atoms with Gasteiger partial charge in [0.25, 0.3) is 0 Å². The molecular formula is C27H41NO5S. The van der Waals surface area contributed by atoms with Crippen LogP contribution in [0, 0.1) is 6.92 Å². The van der Waals surface area contributed by atoms with Gasteiger partial charge in [-0.25, -0.2) is 10.9 Å². The van der Waals surface area contributed by atoms with E-state index in [1.807, 2.05) is 32.0 Å². The summed E-state index contributed by atoms with van der Waals surface area (Å²) in [6, 6.07) is 14.4. The largest absolute Gasteiger partial charge is 0.494 e. The van der Waals surface area contributed by atoms with Crippen LogP contribution >= 0.6 is 10.9 Å². The summed E-state index contributed by atoms with van der Waals surface area (Å²) in [6.45, 7) is 7.52. The maximum absolute atomic E-state index is 10.6. The zero-order chi connectivity index (χ0) is 24.9. The average Bonchev–Trinajstić information content (AvgIpc) is 2.80. The number of hydrogen-bond donors (Lipinski definition) is 6. The van der Waals surface area contributed by atoms with Crippen LogP contribution in [-0.4, -0.2) is 76.0 Å². The second-order valence-corrected chi connectivity index (χ2v) is 12.5. The van der Waals surface area contributed by atoms with E-state index in [1.165, 1.54) is 16.7 Å². The molecule has 2 aromatic rings. The van der Waals surface area contributed by atoms with E-state index in [2.05, 4.69) is 42.8 Å². The topological polar surface area (TPSA) is 102 Å². The monoisotopic (exact) mass is 491 g/mol. The molecule has 1 heterocycles. The summed E-state index contributed by atoms with van der Waals surface area (Å²) in [7, 11) is -0.632. The van der Waals surface area contributed by atoms with Crippen molar-refractivity contribution in [3.05, 3.63) is 64.7 Å². The van der Waals surface area contributed by atoms with Crippen molar-refractivity contribution in [2.45, 2.75) is 62.7 Å². The number of hydrogen-bond acceptors (Lipinski definition) is 6. The van der Waals surface area contributed by atoms with Gasteiger partial charge < -0.3 is 30.5 Å². The number of ether oxygens (including phenoxy) is 1. The molecular weight excluding hydrogens is 450 g/mol. The Morgan fingerprint density at radius 3 is 2.44 bits per heavy atom. The van der Waals surface area contributed by atoms with E-state index in [4.69, 9.17) is 4.74 Å². The average molecular weight is 492 g/mol. The fourth-order valence-electron chi connectivity index (χ4n) is 4.38. The van der Waals surface area contributed by atoms with Crippen LogP contribution < -0.4 is 10.1 Å². The highest BCUT2D eigenvalue weighted by Gasteiger charge is 2.40. The molecule has 0 aromatic heterocycles.